The normalized spacial score (nSPS) is 11.1. The second kappa shape index (κ2) is 10.7. The van der Waals surface area contributed by atoms with Crippen molar-refractivity contribution in [2.45, 2.75) is 19.4 Å². The number of imidazole rings is 1. The molecule has 0 aliphatic carbocycles. The van der Waals surface area contributed by atoms with E-state index in [1.807, 2.05) is 66.7 Å². The molecule has 0 saturated heterocycles. The SMILES string of the molecule is O=C(NCCc1nc2ccccc2n1CCCOc1cccc2ccccc12)c1ccc(Br)cc1. The van der Waals surface area contributed by atoms with Gasteiger partial charge in [0.15, 0.2) is 0 Å². The Morgan fingerprint density at radius 3 is 2.57 bits per heavy atom. The molecule has 4 aromatic carbocycles. The summed E-state index contributed by atoms with van der Waals surface area (Å²) in [6.45, 7) is 1.92. The van der Waals surface area contributed by atoms with Gasteiger partial charge >= 0.3 is 0 Å². The third-order valence-electron chi connectivity index (χ3n) is 6.01. The third-order valence-corrected chi connectivity index (χ3v) is 6.54. The number of ether oxygens (including phenoxy) is 1. The van der Waals surface area contributed by atoms with Gasteiger partial charge in [0.05, 0.1) is 17.6 Å². The average molecular weight is 528 g/mol. The molecule has 0 atom stereocenters. The molecule has 6 heteroatoms. The van der Waals surface area contributed by atoms with Crippen molar-refractivity contribution >= 4 is 43.6 Å². The van der Waals surface area contributed by atoms with Crippen LogP contribution < -0.4 is 10.1 Å². The Morgan fingerprint density at radius 2 is 1.69 bits per heavy atom. The molecule has 176 valence electrons. The van der Waals surface area contributed by atoms with E-state index in [0.29, 0.717) is 25.1 Å². The van der Waals surface area contributed by atoms with Crippen LogP contribution in [0.4, 0.5) is 0 Å². The zero-order valence-electron chi connectivity index (χ0n) is 19.3. The van der Waals surface area contributed by atoms with Crippen LogP contribution in [0.25, 0.3) is 21.8 Å². The first-order chi connectivity index (χ1) is 17.2. The topological polar surface area (TPSA) is 56.2 Å². The summed E-state index contributed by atoms with van der Waals surface area (Å²) in [4.78, 5) is 17.3. The van der Waals surface area contributed by atoms with Gasteiger partial charge in [-0.05, 0) is 54.3 Å². The van der Waals surface area contributed by atoms with E-state index in [1.54, 1.807) is 0 Å². The second-order valence-corrected chi connectivity index (χ2v) is 9.28. The highest BCUT2D eigenvalue weighted by Crippen LogP contribution is 2.25. The maximum atomic E-state index is 12.5. The van der Waals surface area contributed by atoms with Crippen molar-refractivity contribution in [3.63, 3.8) is 0 Å². The first-order valence-electron chi connectivity index (χ1n) is 11.8. The highest BCUT2D eigenvalue weighted by molar-refractivity contribution is 9.10. The Balaban J connectivity index is 1.23. The number of nitrogens with zero attached hydrogens (tertiary/aromatic N) is 2. The number of carbonyl (C=O) groups is 1. The maximum absolute atomic E-state index is 12.5. The number of halogens is 1. The van der Waals surface area contributed by atoms with Crippen LogP contribution in [0.2, 0.25) is 0 Å². The molecule has 1 aromatic heterocycles. The molecule has 1 heterocycles. The summed E-state index contributed by atoms with van der Waals surface area (Å²) in [7, 11) is 0. The molecule has 0 aliphatic rings. The Bertz CT molecular complexity index is 1460. The van der Waals surface area contributed by atoms with E-state index in [-0.39, 0.29) is 5.91 Å². The molecule has 0 radical (unpaired) electrons. The first kappa shape index (κ1) is 23.1. The molecule has 0 saturated carbocycles. The second-order valence-electron chi connectivity index (χ2n) is 8.36. The number of fused-ring (bicyclic) bond motifs is 2. The van der Waals surface area contributed by atoms with Crippen molar-refractivity contribution in [1.82, 2.24) is 14.9 Å². The van der Waals surface area contributed by atoms with Crippen molar-refractivity contribution in [2.75, 3.05) is 13.2 Å². The molecule has 35 heavy (non-hydrogen) atoms. The van der Waals surface area contributed by atoms with Gasteiger partial charge in [0.2, 0.25) is 0 Å². The van der Waals surface area contributed by atoms with Crippen LogP contribution in [-0.2, 0) is 13.0 Å². The Morgan fingerprint density at radius 1 is 0.914 bits per heavy atom. The van der Waals surface area contributed by atoms with Crippen molar-refractivity contribution < 1.29 is 9.53 Å². The van der Waals surface area contributed by atoms with Crippen molar-refractivity contribution in [3.8, 4) is 5.75 Å². The molecule has 5 rings (SSSR count). The molecule has 0 fully saturated rings. The van der Waals surface area contributed by atoms with Crippen LogP contribution in [-0.4, -0.2) is 28.6 Å². The van der Waals surface area contributed by atoms with E-state index < -0.39 is 0 Å². The van der Waals surface area contributed by atoms with Gasteiger partial charge in [-0.3, -0.25) is 4.79 Å². The summed E-state index contributed by atoms with van der Waals surface area (Å²) in [5, 5.41) is 5.32. The lowest BCUT2D eigenvalue weighted by Crippen LogP contribution is -2.26. The lowest BCUT2D eigenvalue weighted by molar-refractivity contribution is 0.0954. The first-order valence-corrected chi connectivity index (χ1v) is 12.6. The highest BCUT2D eigenvalue weighted by atomic mass is 79.9. The third kappa shape index (κ3) is 5.38. The van der Waals surface area contributed by atoms with Crippen molar-refractivity contribution in [1.29, 1.82) is 0 Å². The largest absolute Gasteiger partial charge is 0.493 e. The fourth-order valence-corrected chi connectivity index (χ4v) is 4.55. The number of aryl methyl sites for hydroxylation is 1. The number of aromatic nitrogens is 2. The molecule has 5 aromatic rings. The monoisotopic (exact) mass is 527 g/mol. The molecule has 0 spiro atoms. The molecule has 5 nitrogen and oxygen atoms in total. The average Bonchev–Trinajstić information content (AvgIpc) is 3.24. The molecular formula is C29H26BrN3O2. The summed E-state index contributed by atoms with van der Waals surface area (Å²) in [6, 6.07) is 29.9. The molecular weight excluding hydrogens is 502 g/mol. The number of hydrogen-bond donors (Lipinski definition) is 1. The zero-order chi connectivity index (χ0) is 24.0. The quantitative estimate of drug-likeness (QED) is 0.226. The van der Waals surface area contributed by atoms with Crippen LogP contribution in [0.1, 0.15) is 22.6 Å². The summed E-state index contributed by atoms with van der Waals surface area (Å²) >= 11 is 3.40. The van der Waals surface area contributed by atoms with Gasteiger partial charge in [-0.1, -0.05) is 64.5 Å². The fourth-order valence-electron chi connectivity index (χ4n) is 4.28. The predicted octanol–water partition coefficient (Wildman–Crippen LogP) is 6.39. The number of nitrogens with one attached hydrogen (secondary N) is 1. The van der Waals surface area contributed by atoms with Gasteiger partial charge in [0.25, 0.3) is 5.91 Å². The van der Waals surface area contributed by atoms with Crippen molar-refractivity contribution in [2.24, 2.45) is 0 Å². The van der Waals surface area contributed by atoms with Gasteiger partial charge in [-0.25, -0.2) is 4.98 Å². The molecule has 1 N–H and O–H groups in total. The van der Waals surface area contributed by atoms with Gasteiger partial charge in [0.1, 0.15) is 11.6 Å². The number of rotatable bonds is 9. The molecule has 0 aliphatic heterocycles. The van der Waals surface area contributed by atoms with Crippen LogP contribution >= 0.6 is 15.9 Å². The summed E-state index contributed by atoms with van der Waals surface area (Å²) in [5.41, 5.74) is 2.72. The minimum atomic E-state index is -0.0800. The summed E-state index contributed by atoms with van der Waals surface area (Å²) in [6.07, 6.45) is 1.50. The fraction of sp³-hybridized carbons (Fsp3) is 0.172. The van der Waals surface area contributed by atoms with Crippen LogP contribution in [0.5, 0.6) is 5.75 Å². The van der Waals surface area contributed by atoms with Crippen LogP contribution in [0.3, 0.4) is 0 Å². The van der Waals surface area contributed by atoms with E-state index in [9.17, 15) is 4.79 Å². The Labute approximate surface area is 212 Å². The Kier molecular flexibility index (Phi) is 7.09. The van der Waals surface area contributed by atoms with E-state index >= 15 is 0 Å². The van der Waals surface area contributed by atoms with Gasteiger partial charge in [-0.2, -0.15) is 0 Å². The van der Waals surface area contributed by atoms with Crippen LogP contribution in [0, 0.1) is 0 Å². The highest BCUT2D eigenvalue weighted by Gasteiger charge is 2.12. The van der Waals surface area contributed by atoms with Gasteiger partial charge in [0, 0.05) is 34.9 Å². The summed E-state index contributed by atoms with van der Waals surface area (Å²) in [5.74, 6) is 1.80. The predicted molar refractivity (Wildman–Crippen MR) is 144 cm³/mol. The van der Waals surface area contributed by atoms with Crippen LogP contribution in [0.15, 0.2) is 95.5 Å². The van der Waals surface area contributed by atoms with Gasteiger partial charge < -0.3 is 14.6 Å². The Hall–Kier alpha value is -3.64. The minimum absolute atomic E-state index is 0.0800. The lowest BCUT2D eigenvalue weighted by atomic mass is 10.1. The number of carbonyl (C=O) groups excluding carboxylic acids is 1. The van der Waals surface area contributed by atoms with Gasteiger partial charge in [-0.15, -0.1) is 0 Å². The molecule has 1 amide bonds. The summed E-state index contributed by atoms with van der Waals surface area (Å²) < 4.78 is 9.34. The molecule has 0 bridgehead atoms. The molecule has 0 unspecified atom stereocenters. The van der Waals surface area contributed by atoms with E-state index in [0.717, 1.165) is 45.4 Å². The minimum Gasteiger partial charge on any atom is -0.493 e. The van der Waals surface area contributed by atoms with E-state index in [4.69, 9.17) is 9.72 Å². The smallest absolute Gasteiger partial charge is 0.251 e. The lowest BCUT2D eigenvalue weighted by Gasteiger charge is -2.12. The van der Waals surface area contributed by atoms with E-state index in [2.05, 4.69) is 50.1 Å². The standard InChI is InChI=1S/C29H26BrN3O2/c30-23-15-13-22(14-16-23)29(34)31-18-17-28-32-25-10-3-4-11-26(25)33(28)19-6-20-35-27-12-5-8-21-7-1-2-9-24(21)27/h1-5,7-16H,6,17-20H2,(H,31,34). The zero-order valence-corrected chi connectivity index (χ0v) is 20.9. The van der Waals surface area contributed by atoms with Crippen molar-refractivity contribution in [3.05, 3.63) is 107 Å². The maximum Gasteiger partial charge on any atom is 0.251 e. The number of benzene rings is 4. The number of para-hydroxylation sites is 2. The van der Waals surface area contributed by atoms with E-state index in [1.165, 1.54) is 5.39 Å². The number of hydrogen-bond acceptors (Lipinski definition) is 3. The number of amides is 1.